The van der Waals surface area contributed by atoms with Crippen molar-refractivity contribution in [1.82, 2.24) is 15.0 Å². The Balaban J connectivity index is 1.04. The predicted octanol–water partition coefficient (Wildman–Crippen LogP) is 12.8. The molecule has 0 saturated heterocycles. The topological polar surface area (TPSA) is 43.0 Å². The number of aromatic nitrogens is 3. The van der Waals surface area contributed by atoms with Gasteiger partial charge in [-0.25, -0.2) is 19.8 Å². The van der Waals surface area contributed by atoms with Crippen molar-refractivity contribution in [2.45, 2.75) is 44.4 Å². The van der Waals surface area contributed by atoms with Crippen molar-refractivity contribution in [1.29, 1.82) is 0 Å². The Morgan fingerprint density at radius 1 is 0.491 bits per heavy atom. The normalized spacial score (nSPS) is 22.7. The van der Waals surface area contributed by atoms with Crippen LogP contribution in [0.25, 0.3) is 72.4 Å². The summed E-state index contributed by atoms with van der Waals surface area (Å²) in [6, 6.07) is 49.7. The first kappa shape index (κ1) is 32.3. The molecule has 1 spiro atoms. The van der Waals surface area contributed by atoms with Crippen LogP contribution in [0.3, 0.4) is 0 Å². The van der Waals surface area contributed by atoms with Crippen LogP contribution in [0.4, 0.5) is 5.69 Å². The van der Waals surface area contributed by atoms with Gasteiger partial charge in [0.15, 0.2) is 23.2 Å². The first-order valence-electron chi connectivity index (χ1n) is 19.8. The van der Waals surface area contributed by atoms with E-state index in [4.69, 9.17) is 21.5 Å². The Morgan fingerprint density at radius 2 is 1.05 bits per heavy atom. The molecule has 4 heteroatoms. The molecule has 4 nitrogen and oxygen atoms in total. The molecule has 55 heavy (non-hydrogen) atoms. The van der Waals surface area contributed by atoms with E-state index in [1.54, 1.807) is 0 Å². The number of aryl methyl sites for hydroxylation is 1. The van der Waals surface area contributed by atoms with E-state index >= 15 is 0 Å². The summed E-state index contributed by atoms with van der Waals surface area (Å²) < 4.78 is 0. The van der Waals surface area contributed by atoms with Crippen LogP contribution in [0.15, 0.2) is 140 Å². The molecule has 0 aliphatic heterocycles. The van der Waals surface area contributed by atoms with Crippen molar-refractivity contribution in [2.75, 3.05) is 0 Å². The van der Waals surface area contributed by atoms with Crippen LogP contribution >= 0.6 is 0 Å². The van der Waals surface area contributed by atoms with Crippen LogP contribution in [0, 0.1) is 37.2 Å². The number of nitrogens with zero attached hydrogens (tertiary/aromatic N) is 4. The molecular formula is C51H40N4. The summed E-state index contributed by atoms with van der Waals surface area (Å²) in [4.78, 5) is 19.2. The van der Waals surface area contributed by atoms with Crippen molar-refractivity contribution in [3.63, 3.8) is 0 Å². The molecule has 0 N–H and O–H groups in total. The second-order valence-corrected chi connectivity index (χ2v) is 16.4. The van der Waals surface area contributed by atoms with Gasteiger partial charge in [0.05, 0.1) is 6.57 Å². The smallest absolute Gasteiger partial charge is 0.195 e. The van der Waals surface area contributed by atoms with Gasteiger partial charge in [-0.1, -0.05) is 127 Å². The van der Waals surface area contributed by atoms with Crippen molar-refractivity contribution < 1.29 is 0 Å². The van der Waals surface area contributed by atoms with E-state index in [0.29, 0.717) is 29.3 Å². The number of hydrogen-bond donors (Lipinski definition) is 0. The third kappa shape index (κ3) is 4.99. The molecule has 12 rings (SSSR count). The highest BCUT2D eigenvalue weighted by atomic mass is 15.0. The zero-order valence-electron chi connectivity index (χ0n) is 30.9. The Morgan fingerprint density at radius 3 is 1.73 bits per heavy atom. The van der Waals surface area contributed by atoms with Crippen LogP contribution in [0.1, 0.15) is 48.8 Å². The van der Waals surface area contributed by atoms with Gasteiger partial charge in [0.1, 0.15) is 0 Å². The molecule has 5 aliphatic rings. The first-order chi connectivity index (χ1) is 27.1. The summed E-state index contributed by atoms with van der Waals surface area (Å²) in [7, 11) is 0. The average molecular weight is 709 g/mol. The standard InChI is InChI=1S/C51H40N4/c1-31-11-8-15-37(23-31)49-53-48(34-12-4-3-5-13-34)54-50(55-49)38-16-9-14-35(29-38)41-17-6-7-18-42(41)36-21-22-43-45(30-36)51(44-19-10-20-46(52-2)47(43)44)39-25-32-24-33(27-39)28-40(51)26-32/h3-23,29-30,32-33,39-40H,24-28H2,1H3. The molecule has 0 radical (unpaired) electrons. The summed E-state index contributed by atoms with van der Waals surface area (Å²) in [5.41, 5.74) is 15.0. The van der Waals surface area contributed by atoms with E-state index in [1.807, 2.05) is 24.3 Å². The fourth-order valence-electron chi connectivity index (χ4n) is 11.4. The highest BCUT2D eigenvalue weighted by Gasteiger charge is 2.61. The van der Waals surface area contributed by atoms with Gasteiger partial charge < -0.3 is 0 Å². The van der Waals surface area contributed by atoms with Gasteiger partial charge in [0.25, 0.3) is 0 Å². The summed E-state index contributed by atoms with van der Waals surface area (Å²) in [6.07, 6.45) is 6.68. The SMILES string of the molecule is [C-]#[N+]c1cccc2c1-c1ccc(-c3ccccc3-c3cccc(-c4nc(-c5ccccc5)nc(-c5cccc(C)c5)n4)c3)cc1C21C2CC3CC(C2)CC1C3. The molecule has 1 heterocycles. The van der Waals surface area contributed by atoms with Gasteiger partial charge in [0, 0.05) is 22.1 Å². The maximum atomic E-state index is 8.17. The third-order valence-electron chi connectivity index (χ3n) is 13.4. The molecule has 5 aliphatic carbocycles. The molecule has 7 aromatic rings. The quantitative estimate of drug-likeness (QED) is 0.167. The Kier molecular flexibility index (Phi) is 7.29. The van der Waals surface area contributed by atoms with Crippen LogP contribution in [0.2, 0.25) is 0 Å². The highest BCUT2D eigenvalue weighted by Crippen LogP contribution is 2.70. The lowest BCUT2D eigenvalue weighted by Gasteiger charge is -2.61. The Bertz CT molecular complexity index is 2680. The van der Waals surface area contributed by atoms with Crippen molar-refractivity contribution in [3.05, 3.63) is 168 Å². The maximum absolute atomic E-state index is 8.17. The van der Waals surface area contributed by atoms with Gasteiger partial charge in [-0.15, -0.1) is 0 Å². The summed E-state index contributed by atoms with van der Waals surface area (Å²) >= 11 is 0. The molecule has 1 aromatic heterocycles. The van der Waals surface area contributed by atoms with E-state index in [-0.39, 0.29) is 5.41 Å². The van der Waals surface area contributed by atoms with E-state index in [9.17, 15) is 0 Å². The minimum absolute atomic E-state index is 0.00615. The summed E-state index contributed by atoms with van der Waals surface area (Å²) in [5.74, 6) is 4.98. The molecule has 0 atom stereocenters. The Labute approximate surface area is 322 Å². The monoisotopic (exact) mass is 708 g/mol. The molecule has 0 amide bonds. The lowest BCUT2D eigenvalue weighted by Crippen LogP contribution is -2.55. The molecule has 264 valence electrons. The predicted molar refractivity (Wildman–Crippen MR) is 221 cm³/mol. The molecule has 6 aromatic carbocycles. The second-order valence-electron chi connectivity index (χ2n) is 16.4. The van der Waals surface area contributed by atoms with Crippen molar-refractivity contribution in [2.24, 2.45) is 23.7 Å². The van der Waals surface area contributed by atoms with Crippen molar-refractivity contribution >= 4 is 5.69 Å². The number of fused-ring (bicyclic) bond motifs is 3. The number of hydrogen-bond acceptors (Lipinski definition) is 3. The molecular weight excluding hydrogens is 669 g/mol. The minimum Gasteiger partial charge on any atom is -0.238 e. The van der Waals surface area contributed by atoms with E-state index in [0.717, 1.165) is 45.3 Å². The average Bonchev–Trinajstić information content (AvgIpc) is 3.53. The number of rotatable bonds is 5. The second kappa shape index (κ2) is 12.4. The first-order valence-corrected chi connectivity index (χ1v) is 19.8. The van der Waals surface area contributed by atoms with Crippen LogP contribution in [-0.4, -0.2) is 15.0 Å². The third-order valence-corrected chi connectivity index (χ3v) is 13.4. The lowest BCUT2D eigenvalue weighted by molar-refractivity contribution is -0.0399. The van der Waals surface area contributed by atoms with Crippen LogP contribution in [-0.2, 0) is 5.41 Å². The van der Waals surface area contributed by atoms with E-state index in [2.05, 4.69) is 127 Å². The fourth-order valence-corrected chi connectivity index (χ4v) is 11.4. The molecule has 4 fully saturated rings. The molecule has 0 unspecified atom stereocenters. The van der Waals surface area contributed by atoms with Crippen molar-refractivity contribution in [3.8, 4) is 67.5 Å². The molecule has 4 bridgehead atoms. The highest BCUT2D eigenvalue weighted by molar-refractivity contribution is 5.94. The number of benzene rings is 6. The van der Waals surface area contributed by atoms with Crippen LogP contribution < -0.4 is 0 Å². The van der Waals surface area contributed by atoms with Crippen LogP contribution in [0.5, 0.6) is 0 Å². The largest absolute Gasteiger partial charge is 0.238 e. The lowest BCUT2D eigenvalue weighted by atomic mass is 9.43. The van der Waals surface area contributed by atoms with Gasteiger partial charge in [-0.05, 0) is 125 Å². The fraction of sp³-hybridized carbons (Fsp3) is 0.216. The zero-order chi connectivity index (χ0) is 36.7. The van der Waals surface area contributed by atoms with Gasteiger partial charge >= 0.3 is 0 Å². The Hall–Kier alpha value is -6.18. The van der Waals surface area contributed by atoms with Gasteiger partial charge in [-0.3, -0.25) is 0 Å². The van der Waals surface area contributed by atoms with Gasteiger partial charge in [-0.2, -0.15) is 0 Å². The zero-order valence-corrected chi connectivity index (χ0v) is 30.9. The maximum Gasteiger partial charge on any atom is 0.195 e. The van der Waals surface area contributed by atoms with E-state index < -0.39 is 0 Å². The van der Waals surface area contributed by atoms with E-state index in [1.165, 1.54) is 71.0 Å². The summed E-state index contributed by atoms with van der Waals surface area (Å²) in [5, 5.41) is 0. The minimum atomic E-state index is -0.00615. The van der Waals surface area contributed by atoms with Gasteiger partial charge in [0.2, 0.25) is 0 Å². The molecule has 4 saturated carbocycles. The summed E-state index contributed by atoms with van der Waals surface area (Å²) in [6.45, 7) is 10.3.